The standard InChI is InChI=1S/C17H23N3O2S/c1-5-17(22)18-13(2)9-15(11-20(3)12-21)14-7-6-8-16(10-14)19-23-4/h6-12,19H,5H2,1-4H3,(H,18,22)/b13-9+,15-11+. The third-order valence-electron chi connectivity index (χ3n) is 2.95. The van der Waals surface area contributed by atoms with Gasteiger partial charge in [-0.1, -0.05) is 31.0 Å². The summed E-state index contributed by atoms with van der Waals surface area (Å²) in [6, 6.07) is 7.86. The second-order valence-electron chi connectivity index (χ2n) is 4.97. The van der Waals surface area contributed by atoms with Gasteiger partial charge in [0.2, 0.25) is 12.3 Å². The number of allylic oxidation sites excluding steroid dienone is 3. The minimum absolute atomic E-state index is 0.0420. The zero-order valence-electron chi connectivity index (χ0n) is 13.9. The summed E-state index contributed by atoms with van der Waals surface area (Å²) in [7, 11) is 1.67. The fourth-order valence-electron chi connectivity index (χ4n) is 1.90. The van der Waals surface area contributed by atoms with E-state index in [0.717, 1.165) is 28.9 Å². The third kappa shape index (κ3) is 6.61. The highest BCUT2D eigenvalue weighted by Gasteiger charge is 2.05. The lowest BCUT2D eigenvalue weighted by Crippen LogP contribution is -2.20. The molecule has 0 saturated carbocycles. The van der Waals surface area contributed by atoms with E-state index in [2.05, 4.69) is 10.0 Å². The van der Waals surface area contributed by atoms with Crippen LogP contribution in [0.3, 0.4) is 0 Å². The van der Waals surface area contributed by atoms with Crippen molar-refractivity contribution in [3.8, 4) is 0 Å². The zero-order valence-corrected chi connectivity index (χ0v) is 14.7. The van der Waals surface area contributed by atoms with E-state index >= 15 is 0 Å². The van der Waals surface area contributed by atoms with Gasteiger partial charge in [0, 0.05) is 37.3 Å². The summed E-state index contributed by atoms with van der Waals surface area (Å²) in [5, 5.41) is 2.82. The first-order chi connectivity index (χ1) is 11.0. The Morgan fingerprint density at radius 1 is 1.39 bits per heavy atom. The molecule has 0 atom stereocenters. The van der Waals surface area contributed by atoms with Crippen molar-refractivity contribution < 1.29 is 9.59 Å². The number of hydrogen-bond acceptors (Lipinski definition) is 4. The van der Waals surface area contributed by atoms with Crippen LogP contribution in [0.1, 0.15) is 25.8 Å². The molecule has 0 spiro atoms. The number of benzene rings is 1. The molecule has 1 aromatic carbocycles. The van der Waals surface area contributed by atoms with Crippen LogP contribution in [0.4, 0.5) is 5.69 Å². The van der Waals surface area contributed by atoms with Crippen LogP contribution in [-0.2, 0) is 9.59 Å². The quantitative estimate of drug-likeness (QED) is 0.435. The van der Waals surface area contributed by atoms with Crippen LogP contribution in [0.2, 0.25) is 0 Å². The first-order valence-corrected chi connectivity index (χ1v) is 8.49. The second kappa shape index (κ2) is 9.74. The van der Waals surface area contributed by atoms with E-state index < -0.39 is 0 Å². The molecule has 0 heterocycles. The topological polar surface area (TPSA) is 61.4 Å². The van der Waals surface area contributed by atoms with Gasteiger partial charge in [-0.15, -0.1) is 0 Å². The van der Waals surface area contributed by atoms with Gasteiger partial charge in [-0.05, 0) is 36.3 Å². The Kier molecular flexibility index (Phi) is 7.97. The maximum atomic E-state index is 11.5. The lowest BCUT2D eigenvalue weighted by molar-refractivity contribution is -0.120. The zero-order chi connectivity index (χ0) is 17.2. The molecule has 1 aromatic rings. The van der Waals surface area contributed by atoms with E-state index in [1.807, 2.05) is 43.5 Å². The highest BCUT2D eigenvalue weighted by molar-refractivity contribution is 7.99. The molecule has 0 saturated heterocycles. The maximum Gasteiger partial charge on any atom is 0.223 e. The van der Waals surface area contributed by atoms with E-state index in [1.54, 1.807) is 20.2 Å². The van der Waals surface area contributed by atoms with Gasteiger partial charge in [0.15, 0.2) is 0 Å². The molecule has 0 bridgehead atoms. The first-order valence-electron chi connectivity index (χ1n) is 7.26. The number of carbonyl (C=O) groups is 2. The average molecular weight is 333 g/mol. The lowest BCUT2D eigenvalue weighted by atomic mass is 10.0. The van der Waals surface area contributed by atoms with Gasteiger partial charge < -0.3 is 14.9 Å². The highest BCUT2D eigenvalue weighted by Crippen LogP contribution is 2.22. The fourth-order valence-corrected chi connectivity index (χ4v) is 2.27. The van der Waals surface area contributed by atoms with Crippen LogP contribution >= 0.6 is 11.9 Å². The SMILES string of the molecule is CCC(=O)N/C(C)=C/C(=C\N(C)C=O)c1cccc(NSC)c1. The Labute approximate surface area is 142 Å². The van der Waals surface area contributed by atoms with Crippen molar-refractivity contribution in [2.45, 2.75) is 20.3 Å². The fraction of sp³-hybridized carbons (Fsp3) is 0.294. The van der Waals surface area contributed by atoms with Crippen LogP contribution in [0.25, 0.3) is 5.57 Å². The highest BCUT2D eigenvalue weighted by atomic mass is 32.2. The van der Waals surface area contributed by atoms with E-state index in [-0.39, 0.29) is 5.91 Å². The summed E-state index contributed by atoms with van der Waals surface area (Å²) in [6.45, 7) is 3.63. The largest absolute Gasteiger partial charge is 0.330 e. The Morgan fingerprint density at radius 2 is 2.13 bits per heavy atom. The molecule has 0 unspecified atom stereocenters. The van der Waals surface area contributed by atoms with Crippen molar-refractivity contribution in [2.24, 2.45) is 0 Å². The van der Waals surface area contributed by atoms with Gasteiger partial charge in [-0.25, -0.2) is 0 Å². The van der Waals surface area contributed by atoms with Crippen molar-refractivity contribution in [1.29, 1.82) is 0 Å². The Bertz CT molecular complexity index is 612. The predicted molar refractivity (Wildman–Crippen MR) is 97.6 cm³/mol. The summed E-state index contributed by atoms with van der Waals surface area (Å²) in [6.07, 6.45) is 6.69. The maximum absolute atomic E-state index is 11.5. The van der Waals surface area contributed by atoms with Gasteiger partial charge in [0.05, 0.1) is 0 Å². The van der Waals surface area contributed by atoms with Crippen molar-refractivity contribution >= 4 is 35.5 Å². The molecule has 0 aliphatic carbocycles. The molecular formula is C17H23N3O2S. The van der Waals surface area contributed by atoms with Crippen LogP contribution in [-0.4, -0.2) is 30.5 Å². The molecule has 0 aliphatic heterocycles. The van der Waals surface area contributed by atoms with Crippen molar-refractivity contribution in [3.63, 3.8) is 0 Å². The van der Waals surface area contributed by atoms with Crippen molar-refractivity contribution in [2.75, 3.05) is 18.0 Å². The molecule has 124 valence electrons. The summed E-state index contributed by atoms with van der Waals surface area (Å²) >= 11 is 1.51. The number of carbonyl (C=O) groups excluding carboxylic acids is 2. The summed E-state index contributed by atoms with van der Waals surface area (Å²) < 4.78 is 3.18. The number of amides is 2. The van der Waals surface area contributed by atoms with Crippen LogP contribution in [0.5, 0.6) is 0 Å². The lowest BCUT2D eigenvalue weighted by Gasteiger charge is -2.12. The number of hydrogen-bond donors (Lipinski definition) is 2. The molecular weight excluding hydrogens is 310 g/mol. The minimum atomic E-state index is -0.0420. The monoisotopic (exact) mass is 333 g/mol. The number of nitrogens with zero attached hydrogens (tertiary/aromatic N) is 1. The molecule has 2 N–H and O–H groups in total. The van der Waals surface area contributed by atoms with Crippen LogP contribution in [0.15, 0.2) is 42.2 Å². The van der Waals surface area contributed by atoms with Crippen LogP contribution < -0.4 is 10.0 Å². The normalized spacial score (nSPS) is 11.8. The number of nitrogens with one attached hydrogen (secondary N) is 2. The van der Waals surface area contributed by atoms with Gasteiger partial charge in [0.25, 0.3) is 0 Å². The van der Waals surface area contributed by atoms with Gasteiger partial charge in [-0.3, -0.25) is 9.59 Å². The Balaban J connectivity index is 3.18. The van der Waals surface area contributed by atoms with Gasteiger partial charge in [0.1, 0.15) is 0 Å². The molecule has 0 aliphatic rings. The van der Waals surface area contributed by atoms with E-state index in [4.69, 9.17) is 0 Å². The minimum Gasteiger partial charge on any atom is -0.330 e. The van der Waals surface area contributed by atoms with Crippen LogP contribution in [0, 0.1) is 0 Å². The molecule has 1 rings (SSSR count). The predicted octanol–water partition coefficient (Wildman–Crippen LogP) is 3.24. The van der Waals surface area contributed by atoms with E-state index in [1.165, 1.54) is 16.8 Å². The smallest absolute Gasteiger partial charge is 0.223 e. The molecule has 0 radical (unpaired) electrons. The molecule has 0 aromatic heterocycles. The summed E-state index contributed by atoms with van der Waals surface area (Å²) in [5.41, 5.74) is 3.48. The third-order valence-corrected chi connectivity index (χ3v) is 3.39. The molecule has 23 heavy (non-hydrogen) atoms. The number of rotatable bonds is 8. The first kappa shape index (κ1) is 18.8. The number of anilines is 1. The molecule has 2 amide bonds. The summed E-state index contributed by atoms with van der Waals surface area (Å²) in [4.78, 5) is 23.9. The van der Waals surface area contributed by atoms with Gasteiger partial charge in [-0.2, -0.15) is 0 Å². The van der Waals surface area contributed by atoms with Gasteiger partial charge >= 0.3 is 0 Å². The summed E-state index contributed by atoms with van der Waals surface area (Å²) in [5.74, 6) is -0.0420. The Hall–Kier alpha value is -2.21. The second-order valence-corrected chi connectivity index (χ2v) is 5.58. The molecule has 5 nitrogen and oxygen atoms in total. The van der Waals surface area contributed by atoms with Crippen molar-refractivity contribution in [3.05, 3.63) is 47.8 Å². The van der Waals surface area contributed by atoms with E-state index in [0.29, 0.717) is 6.42 Å². The molecule has 6 heteroatoms. The van der Waals surface area contributed by atoms with E-state index in [9.17, 15) is 9.59 Å². The average Bonchev–Trinajstić information content (AvgIpc) is 2.54. The molecule has 0 fully saturated rings. The van der Waals surface area contributed by atoms with Crippen molar-refractivity contribution in [1.82, 2.24) is 10.2 Å². The Morgan fingerprint density at radius 3 is 2.74 bits per heavy atom.